The summed E-state index contributed by atoms with van der Waals surface area (Å²) in [6.07, 6.45) is 9.50. The van der Waals surface area contributed by atoms with E-state index in [1.807, 2.05) is 6.07 Å². The molecule has 0 atom stereocenters. The summed E-state index contributed by atoms with van der Waals surface area (Å²) in [5.74, 6) is 3.42. The number of aromatic nitrogens is 1. The molecule has 0 unspecified atom stereocenters. The number of nitrogens with one attached hydrogen (secondary N) is 2. The summed E-state index contributed by atoms with van der Waals surface area (Å²) < 4.78 is 27.6. The van der Waals surface area contributed by atoms with Gasteiger partial charge in [-0.3, -0.25) is 4.72 Å². The van der Waals surface area contributed by atoms with Gasteiger partial charge in [-0.25, -0.2) is 13.4 Å². The van der Waals surface area contributed by atoms with E-state index in [2.05, 4.69) is 15.0 Å². The molecule has 4 fully saturated rings. The molecule has 0 saturated heterocycles. The van der Waals surface area contributed by atoms with E-state index in [4.69, 9.17) is 11.6 Å². The lowest BCUT2D eigenvalue weighted by Crippen LogP contribution is -2.54. The monoisotopic (exact) mass is 417 g/mol. The SMILES string of the molecule is O=S(=O)(Nc1ccc(NC23CC4CC(CC(C4)C2)C3)nc1)c1cccc(Cl)c1. The highest BCUT2D eigenvalue weighted by molar-refractivity contribution is 7.92. The van der Waals surface area contributed by atoms with E-state index in [-0.39, 0.29) is 10.4 Å². The number of halogens is 1. The largest absolute Gasteiger partial charge is 0.365 e. The maximum atomic E-state index is 12.5. The average Bonchev–Trinajstić information content (AvgIpc) is 2.62. The summed E-state index contributed by atoms with van der Waals surface area (Å²) in [6.45, 7) is 0. The first-order chi connectivity index (χ1) is 13.4. The first-order valence-corrected chi connectivity index (χ1v) is 11.8. The lowest BCUT2D eigenvalue weighted by Gasteiger charge is -2.57. The maximum absolute atomic E-state index is 12.5. The average molecular weight is 418 g/mol. The third kappa shape index (κ3) is 3.48. The molecule has 4 bridgehead atoms. The highest BCUT2D eigenvalue weighted by atomic mass is 35.5. The Bertz CT molecular complexity index is 956. The summed E-state index contributed by atoms with van der Waals surface area (Å²) >= 11 is 5.91. The van der Waals surface area contributed by atoms with E-state index in [0.29, 0.717) is 10.7 Å². The normalized spacial score (nSPS) is 31.0. The number of hydrogen-bond donors (Lipinski definition) is 2. The van der Waals surface area contributed by atoms with Crippen LogP contribution in [-0.4, -0.2) is 18.9 Å². The second-order valence-electron chi connectivity index (χ2n) is 8.82. The van der Waals surface area contributed by atoms with Crippen LogP contribution in [0.1, 0.15) is 38.5 Å². The molecule has 0 radical (unpaired) electrons. The number of pyridine rings is 1. The van der Waals surface area contributed by atoms with Gasteiger partial charge in [0.1, 0.15) is 5.82 Å². The van der Waals surface area contributed by atoms with Crippen molar-refractivity contribution in [1.82, 2.24) is 4.98 Å². The zero-order chi connectivity index (χ0) is 19.4. The van der Waals surface area contributed by atoms with Gasteiger partial charge in [-0.05, 0) is 86.6 Å². The Morgan fingerprint density at radius 1 is 1.00 bits per heavy atom. The van der Waals surface area contributed by atoms with Crippen molar-refractivity contribution in [3.8, 4) is 0 Å². The third-order valence-electron chi connectivity index (χ3n) is 6.55. The fourth-order valence-electron chi connectivity index (χ4n) is 5.91. The Labute approximate surface area is 171 Å². The summed E-state index contributed by atoms with van der Waals surface area (Å²) in [4.78, 5) is 4.62. The third-order valence-corrected chi connectivity index (χ3v) is 8.17. The zero-order valence-electron chi connectivity index (χ0n) is 15.6. The van der Waals surface area contributed by atoms with Gasteiger partial charge in [-0.2, -0.15) is 0 Å². The van der Waals surface area contributed by atoms with Crippen LogP contribution in [-0.2, 0) is 10.0 Å². The number of sulfonamides is 1. The van der Waals surface area contributed by atoms with Gasteiger partial charge in [0.15, 0.2) is 0 Å². The van der Waals surface area contributed by atoms with Crippen LogP contribution >= 0.6 is 11.6 Å². The lowest BCUT2D eigenvalue weighted by atomic mass is 9.53. The topological polar surface area (TPSA) is 71.1 Å². The predicted molar refractivity (Wildman–Crippen MR) is 111 cm³/mol. The Morgan fingerprint density at radius 3 is 2.25 bits per heavy atom. The van der Waals surface area contributed by atoms with E-state index < -0.39 is 10.0 Å². The quantitative estimate of drug-likeness (QED) is 0.724. The maximum Gasteiger partial charge on any atom is 0.261 e. The van der Waals surface area contributed by atoms with Crippen molar-refractivity contribution in [2.75, 3.05) is 10.0 Å². The molecule has 1 heterocycles. The highest BCUT2D eigenvalue weighted by Gasteiger charge is 2.51. The van der Waals surface area contributed by atoms with Crippen LogP contribution < -0.4 is 10.0 Å². The van der Waals surface area contributed by atoms with Gasteiger partial charge in [0.25, 0.3) is 10.0 Å². The van der Waals surface area contributed by atoms with Crippen molar-refractivity contribution in [1.29, 1.82) is 0 Å². The minimum atomic E-state index is -3.69. The molecule has 2 aromatic rings. The number of hydrogen-bond acceptors (Lipinski definition) is 4. The molecular formula is C21H24ClN3O2S. The number of anilines is 2. The van der Waals surface area contributed by atoms with E-state index in [1.54, 1.807) is 24.4 Å². The fraction of sp³-hybridized carbons (Fsp3) is 0.476. The first kappa shape index (κ1) is 18.3. The molecular weight excluding hydrogens is 394 g/mol. The van der Waals surface area contributed by atoms with Crippen molar-refractivity contribution >= 4 is 33.1 Å². The molecule has 4 aliphatic rings. The van der Waals surface area contributed by atoms with Gasteiger partial charge in [0.2, 0.25) is 0 Å². The van der Waals surface area contributed by atoms with Gasteiger partial charge in [-0.1, -0.05) is 17.7 Å². The Kier molecular flexibility index (Phi) is 4.32. The number of rotatable bonds is 5. The summed E-state index contributed by atoms with van der Waals surface area (Å²) in [6, 6.07) is 9.85. The van der Waals surface area contributed by atoms with Crippen LogP contribution in [0.25, 0.3) is 0 Å². The second-order valence-corrected chi connectivity index (χ2v) is 10.9. The summed E-state index contributed by atoms with van der Waals surface area (Å²) in [5, 5.41) is 4.10. The first-order valence-electron chi connectivity index (χ1n) is 9.92. The standard InChI is InChI=1S/C21H24ClN3O2S/c22-17-2-1-3-19(9-17)28(26,27)25-18-4-5-20(23-13-18)24-21-10-14-6-15(11-21)8-16(7-14)12-21/h1-5,9,13-16,25H,6-8,10-12H2,(H,23,24). The van der Waals surface area contributed by atoms with Crippen LogP contribution in [0.5, 0.6) is 0 Å². The molecule has 0 aliphatic heterocycles. The fourth-order valence-corrected chi connectivity index (χ4v) is 7.26. The number of benzene rings is 1. The molecule has 0 spiro atoms. The van der Waals surface area contributed by atoms with Gasteiger partial charge in [-0.15, -0.1) is 0 Å². The lowest BCUT2D eigenvalue weighted by molar-refractivity contribution is 0.0105. The molecule has 0 amide bonds. The molecule has 4 saturated carbocycles. The molecule has 28 heavy (non-hydrogen) atoms. The van der Waals surface area contributed by atoms with Gasteiger partial charge in [0.05, 0.1) is 16.8 Å². The predicted octanol–water partition coefficient (Wildman–Crippen LogP) is 4.92. The Balaban J connectivity index is 1.30. The van der Waals surface area contributed by atoms with E-state index in [9.17, 15) is 8.42 Å². The Morgan fingerprint density at radius 2 is 1.68 bits per heavy atom. The van der Waals surface area contributed by atoms with Crippen molar-refractivity contribution < 1.29 is 8.42 Å². The molecule has 2 N–H and O–H groups in total. The van der Waals surface area contributed by atoms with E-state index in [1.165, 1.54) is 50.7 Å². The minimum absolute atomic E-state index is 0.135. The molecule has 6 rings (SSSR count). The van der Waals surface area contributed by atoms with Crippen LogP contribution in [0, 0.1) is 17.8 Å². The molecule has 7 heteroatoms. The molecule has 4 aliphatic carbocycles. The second kappa shape index (κ2) is 6.63. The number of nitrogens with zero attached hydrogens (tertiary/aromatic N) is 1. The molecule has 5 nitrogen and oxygen atoms in total. The Hall–Kier alpha value is -1.79. The van der Waals surface area contributed by atoms with Gasteiger partial charge < -0.3 is 5.32 Å². The van der Waals surface area contributed by atoms with Crippen molar-refractivity contribution in [3.05, 3.63) is 47.6 Å². The van der Waals surface area contributed by atoms with Gasteiger partial charge in [0, 0.05) is 10.6 Å². The van der Waals surface area contributed by atoms with Crippen molar-refractivity contribution in [2.45, 2.75) is 49.0 Å². The van der Waals surface area contributed by atoms with E-state index in [0.717, 1.165) is 23.6 Å². The summed E-state index contributed by atoms with van der Waals surface area (Å²) in [7, 11) is -3.69. The van der Waals surface area contributed by atoms with Crippen molar-refractivity contribution in [3.63, 3.8) is 0 Å². The summed E-state index contributed by atoms with van der Waals surface area (Å²) in [5.41, 5.74) is 0.625. The molecule has 1 aromatic heterocycles. The molecule has 1 aromatic carbocycles. The smallest absolute Gasteiger partial charge is 0.261 e. The van der Waals surface area contributed by atoms with Crippen LogP contribution in [0.3, 0.4) is 0 Å². The molecule has 148 valence electrons. The van der Waals surface area contributed by atoms with Gasteiger partial charge >= 0.3 is 0 Å². The minimum Gasteiger partial charge on any atom is -0.365 e. The van der Waals surface area contributed by atoms with Crippen LogP contribution in [0.4, 0.5) is 11.5 Å². The highest BCUT2D eigenvalue weighted by Crippen LogP contribution is 2.56. The van der Waals surface area contributed by atoms with E-state index >= 15 is 0 Å². The zero-order valence-corrected chi connectivity index (χ0v) is 17.1. The van der Waals surface area contributed by atoms with Crippen LogP contribution in [0.15, 0.2) is 47.5 Å². The van der Waals surface area contributed by atoms with Crippen LogP contribution in [0.2, 0.25) is 5.02 Å². The van der Waals surface area contributed by atoms with Crippen molar-refractivity contribution in [2.24, 2.45) is 17.8 Å².